The molecule has 36 heavy (non-hydrogen) atoms. The number of piperazine rings is 1. The van der Waals surface area contributed by atoms with Crippen molar-refractivity contribution in [2.75, 3.05) is 49.1 Å². The van der Waals surface area contributed by atoms with Gasteiger partial charge in [-0.15, -0.1) is 11.3 Å². The maximum Gasteiger partial charge on any atom is 0.409 e. The van der Waals surface area contributed by atoms with Gasteiger partial charge < -0.3 is 28.9 Å². The highest BCUT2D eigenvalue weighted by atomic mass is 32.2. The molecule has 1 unspecified atom stereocenters. The Bertz CT molecular complexity index is 1100. The SMILES string of the molecule is COc1cc(C(=O)O)ccc1N(c1csc(N2CCN(C(=O)OCC3CCCCC3)CC2)n1)S(=O)[O-]. The van der Waals surface area contributed by atoms with Crippen LogP contribution in [0.1, 0.15) is 42.5 Å². The fourth-order valence-electron chi connectivity index (χ4n) is 4.47. The van der Waals surface area contributed by atoms with E-state index in [9.17, 15) is 23.5 Å². The lowest BCUT2D eigenvalue weighted by Gasteiger charge is -2.34. The van der Waals surface area contributed by atoms with E-state index >= 15 is 0 Å². The summed E-state index contributed by atoms with van der Waals surface area (Å²) in [4.78, 5) is 31.9. The third kappa shape index (κ3) is 6.08. The van der Waals surface area contributed by atoms with Gasteiger partial charge in [0.05, 0.1) is 36.2 Å². The molecule has 1 saturated carbocycles. The number of aromatic carboxylic acids is 1. The highest BCUT2D eigenvalue weighted by Crippen LogP contribution is 2.37. The van der Waals surface area contributed by atoms with Crippen molar-refractivity contribution in [3.8, 4) is 5.75 Å². The van der Waals surface area contributed by atoms with Crippen molar-refractivity contribution in [1.29, 1.82) is 0 Å². The molecule has 1 amide bonds. The predicted molar refractivity (Wildman–Crippen MR) is 135 cm³/mol. The molecule has 1 saturated heterocycles. The molecule has 1 aliphatic heterocycles. The number of carboxylic acids is 1. The van der Waals surface area contributed by atoms with Crippen LogP contribution in [-0.2, 0) is 16.0 Å². The Morgan fingerprint density at radius 1 is 1.22 bits per heavy atom. The van der Waals surface area contributed by atoms with Gasteiger partial charge in [-0.1, -0.05) is 19.3 Å². The number of amides is 1. The molecule has 2 fully saturated rings. The standard InChI is InChI=1S/C23H30N4O7S2/c1-33-19-13-17(21(28)29)7-8-18(19)27(36(31)32)20-15-35-22(24-20)25-9-11-26(12-10-25)23(30)34-14-16-5-3-2-4-6-16/h7-8,13,15-16H,2-6,9-12,14H2,1H3,(H,28,29)(H,31,32)/p-1. The van der Waals surface area contributed by atoms with Gasteiger partial charge in [0.15, 0.2) is 10.9 Å². The van der Waals surface area contributed by atoms with Crippen LogP contribution in [0.3, 0.4) is 0 Å². The van der Waals surface area contributed by atoms with E-state index in [1.807, 2.05) is 4.90 Å². The van der Waals surface area contributed by atoms with Gasteiger partial charge in [-0.05, 0) is 37.0 Å². The summed E-state index contributed by atoms with van der Waals surface area (Å²) in [6.45, 7) is 2.54. The molecule has 2 heterocycles. The lowest BCUT2D eigenvalue weighted by molar-refractivity contribution is 0.0696. The van der Waals surface area contributed by atoms with Gasteiger partial charge in [-0.3, -0.25) is 4.21 Å². The lowest BCUT2D eigenvalue weighted by atomic mass is 9.90. The number of rotatable bonds is 8. The molecule has 1 aliphatic carbocycles. The Hall–Kier alpha value is -2.90. The molecule has 4 rings (SSSR count). The van der Waals surface area contributed by atoms with E-state index in [0.717, 1.165) is 17.1 Å². The zero-order valence-electron chi connectivity index (χ0n) is 20.0. The summed E-state index contributed by atoms with van der Waals surface area (Å²) < 4.78 is 36.0. The Labute approximate surface area is 216 Å². The summed E-state index contributed by atoms with van der Waals surface area (Å²) in [7, 11) is 1.34. The first-order valence-corrected chi connectivity index (χ1v) is 13.7. The number of aromatic nitrogens is 1. The van der Waals surface area contributed by atoms with Crippen LogP contribution in [0.4, 0.5) is 21.4 Å². The minimum absolute atomic E-state index is 0.0265. The molecule has 2 aliphatic rings. The number of ether oxygens (including phenoxy) is 2. The predicted octanol–water partition coefficient (Wildman–Crippen LogP) is 3.62. The molecule has 13 heteroatoms. The average Bonchev–Trinajstić information content (AvgIpc) is 3.37. The van der Waals surface area contributed by atoms with Gasteiger partial charge in [-0.25, -0.2) is 18.9 Å². The van der Waals surface area contributed by atoms with Crippen molar-refractivity contribution in [2.24, 2.45) is 5.92 Å². The number of carboxylic acid groups (broad SMARTS) is 1. The van der Waals surface area contributed by atoms with Crippen LogP contribution in [0.5, 0.6) is 5.75 Å². The van der Waals surface area contributed by atoms with Crippen molar-refractivity contribution in [1.82, 2.24) is 9.88 Å². The van der Waals surface area contributed by atoms with Crippen LogP contribution >= 0.6 is 11.3 Å². The fourth-order valence-corrected chi connectivity index (χ4v) is 5.94. The topological polar surface area (TPSA) is 136 Å². The van der Waals surface area contributed by atoms with E-state index < -0.39 is 17.2 Å². The van der Waals surface area contributed by atoms with Gasteiger partial charge in [0, 0.05) is 31.6 Å². The first kappa shape index (κ1) is 26.2. The van der Waals surface area contributed by atoms with E-state index in [-0.39, 0.29) is 28.9 Å². The van der Waals surface area contributed by atoms with Gasteiger partial charge in [0.25, 0.3) is 0 Å². The smallest absolute Gasteiger partial charge is 0.409 e. The van der Waals surface area contributed by atoms with Crippen LogP contribution in [0.25, 0.3) is 0 Å². The van der Waals surface area contributed by atoms with Crippen LogP contribution in [0.15, 0.2) is 23.6 Å². The third-order valence-electron chi connectivity index (χ3n) is 6.46. The number of carbonyl (C=O) groups is 2. The number of hydrogen-bond donors (Lipinski definition) is 1. The first-order valence-electron chi connectivity index (χ1n) is 11.8. The van der Waals surface area contributed by atoms with Crippen LogP contribution in [0.2, 0.25) is 0 Å². The molecule has 0 radical (unpaired) electrons. The molecule has 1 aromatic heterocycles. The van der Waals surface area contributed by atoms with Gasteiger partial charge >= 0.3 is 12.1 Å². The Morgan fingerprint density at radius 2 is 1.94 bits per heavy atom. The molecular formula is C23H29N4O7S2-. The maximum absolute atomic E-state index is 12.5. The summed E-state index contributed by atoms with van der Waals surface area (Å²) in [5.41, 5.74) is 0.125. The van der Waals surface area contributed by atoms with Gasteiger partial charge in [0.1, 0.15) is 5.75 Å². The molecule has 196 valence electrons. The second-order valence-corrected chi connectivity index (χ2v) is 10.4. The number of methoxy groups -OCH3 is 1. The minimum Gasteiger partial charge on any atom is -0.755 e. The summed E-state index contributed by atoms with van der Waals surface area (Å²) in [6.07, 6.45) is 5.62. The van der Waals surface area contributed by atoms with E-state index in [0.29, 0.717) is 43.8 Å². The quantitative estimate of drug-likeness (QED) is 0.501. The van der Waals surface area contributed by atoms with E-state index in [1.54, 1.807) is 10.3 Å². The second kappa shape index (κ2) is 11.9. The summed E-state index contributed by atoms with van der Waals surface area (Å²) >= 11 is -1.44. The molecule has 0 spiro atoms. The van der Waals surface area contributed by atoms with Gasteiger partial charge in [-0.2, -0.15) is 0 Å². The number of carbonyl (C=O) groups excluding carboxylic acids is 1. The third-order valence-corrected chi connectivity index (χ3v) is 8.03. The van der Waals surface area contributed by atoms with Crippen molar-refractivity contribution >= 4 is 51.3 Å². The van der Waals surface area contributed by atoms with Crippen LogP contribution in [0, 0.1) is 5.92 Å². The number of nitrogens with zero attached hydrogens (tertiary/aromatic N) is 4. The molecule has 0 bridgehead atoms. The van der Waals surface area contributed by atoms with Crippen molar-refractivity contribution in [2.45, 2.75) is 32.1 Å². The molecular weight excluding hydrogens is 508 g/mol. The van der Waals surface area contributed by atoms with Crippen LogP contribution in [-0.4, -0.2) is 75.7 Å². The Morgan fingerprint density at radius 3 is 2.58 bits per heavy atom. The molecule has 1 aromatic carbocycles. The number of hydrogen-bond acceptors (Lipinski definition) is 9. The Balaban J connectivity index is 1.39. The maximum atomic E-state index is 12.5. The Kier molecular flexibility index (Phi) is 8.64. The normalized spacial score (nSPS) is 17.5. The highest BCUT2D eigenvalue weighted by molar-refractivity contribution is 7.81. The second-order valence-electron chi connectivity index (χ2n) is 8.75. The van der Waals surface area contributed by atoms with E-state index in [4.69, 9.17) is 9.47 Å². The van der Waals surface area contributed by atoms with E-state index in [1.165, 1.54) is 55.9 Å². The summed E-state index contributed by atoms with van der Waals surface area (Å²) in [5, 5.41) is 11.4. The van der Waals surface area contributed by atoms with Crippen LogP contribution < -0.4 is 13.9 Å². The lowest BCUT2D eigenvalue weighted by Crippen LogP contribution is -2.49. The zero-order chi connectivity index (χ0) is 25.7. The monoisotopic (exact) mass is 537 g/mol. The van der Waals surface area contributed by atoms with Crippen molar-refractivity contribution < 1.29 is 32.9 Å². The zero-order valence-corrected chi connectivity index (χ0v) is 21.6. The molecule has 11 nitrogen and oxygen atoms in total. The number of anilines is 3. The number of benzene rings is 1. The summed E-state index contributed by atoms with van der Waals surface area (Å²) in [6, 6.07) is 3.94. The van der Waals surface area contributed by atoms with Crippen molar-refractivity contribution in [3.05, 3.63) is 29.1 Å². The minimum atomic E-state index is -2.73. The highest BCUT2D eigenvalue weighted by Gasteiger charge is 2.26. The van der Waals surface area contributed by atoms with Gasteiger partial charge in [0.2, 0.25) is 0 Å². The number of thiazole rings is 1. The molecule has 1 N–H and O–H groups in total. The van der Waals surface area contributed by atoms with Crippen molar-refractivity contribution in [3.63, 3.8) is 0 Å². The van der Waals surface area contributed by atoms with E-state index in [2.05, 4.69) is 4.98 Å². The molecule has 1 atom stereocenters. The summed E-state index contributed by atoms with van der Waals surface area (Å²) in [5.74, 6) is -0.429. The first-order chi connectivity index (χ1) is 17.4. The largest absolute Gasteiger partial charge is 0.755 e. The average molecular weight is 538 g/mol. The molecule has 2 aromatic rings. The fraction of sp³-hybridized carbons (Fsp3) is 0.522.